The van der Waals surface area contributed by atoms with Crippen LogP contribution in [0, 0.1) is 6.92 Å². The van der Waals surface area contributed by atoms with E-state index in [-0.39, 0.29) is 17.5 Å². The lowest BCUT2D eigenvalue weighted by atomic mass is 9.33. The summed E-state index contributed by atoms with van der Waals surface area (Å²) < 4.78 is 0. The SMILES string of the molecule is Cc1cc2c3c(c1)N(c1ccc(C(C)(C)C)cc1-c1ccccc1)c1cccc4c1B3c1c(cccc1[Si]4(c1ccccc1)c1ccccc1)N2c1ccc(C(C)(C)C)cc1-c1ccccc1. The van der Waals surface area contributed by atoms with Crippen molar-refractivity contribution in [2.45, 2.75) is 59.3 Å². The molecule has 0 aromatic heterocycles. The summed E-state index contributed by atoms with van der Waals surface area (Å²) in [6, 6.07) is 79.2. The van der Waals surface area contributed by atoms with Crippen molar-refractivity contribution in [2.75, 3.05) is 9.80 Å². The van der Waals surface area contributed by atoms with Crippen LogP contribution in [0.5, 0.6) is 0 Å². The van der Waals surface area contributed by atoms with Crippen LogP contribution in [0.3, 0.4) is 0 Å². The molecule has 0 aliphatic carbocycles. The Hall–Kier alpha value is -7.14. The summed E-state index contributed by atoms with van der Waals surface area (Å²) in [6.07, 6.45) is 0. The maximum Gasteiger partial charge on any atom is 0.251 e. The fraction of sp³-hybridized carbons (Fsp3) is 0.143. The minimum atomic E-state index is -3.00. The predicted octanol–water partition coefficient (Wildman–Crippen LogP) is 11.7. The highest BCUT2D eigenvalue weighted by Crippen LogP contribution is 2.50. The number of hydrogen-bond acceptors (Lipinski definition) is 2. The Bertz CT molecular complexity index is 3160. The van der Waals surface area contributed by atoms with Crippen LogP contribution in [-0.4, -0.2) is 14.8 Å². The molecule has 67 heavy (non-hydrogen) atoms. The van der Waals surface area contributed by atoms with Crippen molar-refractivity contribution < 1.29 is 0 Å². The predicted molar refractivity (Wildman–Crippen MR) is 291 cm³/mol. The molecule has 3 aliphatic rings. The summed E-state index contributed by atoms with van der Waals surface area (Å²) in [5, 5.41) is 5.75. The van der Waals surface area contributed by atoms with Gasteiger partial charge in [0.1, 0.15) is 0 Å². The zero-order valence-corrected chi connectivity index (χ0v) is 40.6. The highest BCUT2D eigenvalue weighted by molar-refractivity contribution is 7.27. The minimum Gasteiger partial charge on any atom is -0.311 e. The van der Waals surface area contributed by atoms with Gasteiger partial charge in [0.2, 0.25) is 0 Å². The van der Waals surface area contributed by atoms with Gasteiger partial charge in [-0.2, -0.15) is 0 Å². The first-order valence-corrected chi connectivity index (χ1v) is 26.0. The van der Waals surface area contributed by atoms with Crippen molar-refractivity contribution in [1.82, 2.24) is 0 Å². The van der Waals surface area contributed by atoms with Crippen LogP contribution in [0.1, 0.15) is 58.2 Å². The molecule has 0 atom stereocenters. The zero-order valence-electron chi connectivity index (χ0n) is 39.6. The molecular weight excluding hydrogens is 824 g/mol. The highest BCUT2D eigenvalue weighted by atomic mass is 28.3. The van der Waals surface area contributed by atoms with Crippen molar-refractivity contribution in [3.63, 3.8) is 0 Å². The number of nitrogens with zero attached hydrogens (tertiary/aromatic N) is 2. The Kier molecular flexibility index (Phi) is 9.37. The fourth-order valence-corrected chi connectivity index (χ4v) is 17.1. The summed E-state index contributed by atoms with van der Waals surface area (Å²) in [4.78, 5) is 5.31. The third-order valence-electron chi connectivity index (χ3n) is 14.9. The van der Waals surface area contributed by atoms with E-state index in [9.17, 15) is 0 Å². The Morgan fingerprint density at radius 3 is 1.13 bits per heavy atom. The van der Waals surface area contributed by atoms with Gasteiger partial charge in [-0.05, 0) is 131 Å². The lowest BCUT2D eigenvalue weighted by Gasteiger charge is -2.52. The molecule has 9 aromatic rings. The number of hydrogen-bond donors (Lipinski definition) is 0. The van der Waals surface area contributed by atoms with Crippen LogP contribution in [0.15, 0.2) is 206 Å². The van der Waals surface area contributed by atoms with E-state index < -0.39 is 8.07 Å². The number of rotatable bonds is 6. The second-order valence-electron chi connectivity index (χ2n) is 21.0. The maximum absolute atomic E-state index is 3.00. The van der Waals surface area contributed by atoms with E-state index in [0.29, 0.717) is 0 Å². The second-order valence-corrected chi connectivity index (χ2v) is 24.7. The number of benzene rings is 9. The van der Waals surface area contributed by atoms with Crippen LogP contribution in [0.4, 0.5) is 34.1 Å². The van der Waals surface area contributed by atoms with Gasteiger partial charge < -0.3 is 9.80 Å². The minimum absolute atomic E-state index is 0.0200. The monoisotopic (exact) mass is 878 g/mol. The molecule has 0 N–H and O–H groups in total. The van der Waals surface area contributed by atoms with Crippen LogP contribution in [0.2, 0.25) is 0 Å². The quantitative estimate of drug-likeness (QED) is 0.154. The fourth-order valence-electron chi connectivity index (χ4n) is 11.8. The molecule has 0 spiro atoms. The summed E-state index contributed by atoms with van der Waals surface area (Å²) in [5.74, 6) is 0. The molecule has 12 rings (SSSR count). The van der Waals surface area contributed by atoms with Crippen LogP contribution >= 0.6 is 0 Å². The Morgan fingerprint density at radius 1 is 0.358 bits per heavy atom. The lowest BCUT2D eigenvalue weighted by molar-refractivity contribution is 0.590. The van der Waals surface area contributed by atoms with E-state index in [1.54, 1.807) is 0 Å². The molecule has 0 unspecified atom stereocenters. The molecule has 0 fully saturated rings. The van der Waals surface area contributed by atoms with E-state index >= 15 is 0 Å². The average molecular weight is 879 g/mol. The van der Waals surface area contributed by atoms with Gasteiger partial charge >= 0.3 is 0 Å². The first-order chi connectivity index (χ1) is 32.4. The van der Waals surface area contributed by atoms with Gasteiger partial charge in [0.15, 0.2) is 8.07 Å². The van der Waals surface area contributed by atoms with E-state index in [1.807, 2.05) is 0 Å². The molecule has 0 saturated carbocycles. The smallest absolute Gasteiger partial charge is 0.251 e. The van der Waals surface area contributed by atoms with E-state index in [2.05, 4.69) is 265 Å². The Labute approximate surface area is 398 Å². The van der Waals surface area contributed by atoms with Gasteiger partial charge in [-0.25, -0.2) is 0 Å². The summed E-state index contributed by atoms with van der Waals surface area (Å²) >= 11 is 0. The summed E-state index contributed by atoms with van der Waals surface area (Å²) in [5.41, 5.74) is 20.4. The van der Waals surface area contributed by atoms with E-state index in [0.717, 1.165) is 0 Å². The standard InChI is InChI=1S/C63H55BN2Si/c1-42-38-55-59-56(39-42)66(52-37-35-46(63(5,6)7)41-50(52)44-24-14-9-15-25-44)54-31-21-33-58-61(54)64(59)60-53(65(55)51-36-34-45(62(2,3)4)40-49(51)43-22-12-8-13-23-43)30-20-32-57(60)67(58,47-26-16-10-17-27-47)48-28-18-11-19-29-48/h8-41H,1-7H3. The summed E-state index contributed by atoms with van der Waals surface area (Å²) in [7, 11) is -3.00. The third-order valence-corrected chi connectivity index (χ3v) is 19.8. The number of aryl methyl sites for hydroxylation is 1. The molecule has 2 nitrogen and oxygen atoms in total. The lowest BCUT2D eigenvalue weighted by Crippen LogP contribution is -2.88. The molecule has 0 radical (unpaired) electrons. The zero-order chi connectivity index (χ0) is 45.8. The first-order valence-electron chi connectivity index (χ1n) is 24.0. The molecule has 324 valence electrons. The molecule has 3 aliphatic heterocycles. The van der Waals surface area contributed by atoms with E-state index in [1.165, 1.54) is 110 Å². The van der Waals surface area contributed by atoms with E-state index in [4.69, 9.17) is 0 Å². The molecule has 0 saturated heterocycles. The van der Waals surface area contributed by atoms with Gasteiger partial charge in [-0.1, -0.05) is 199 Å². The van der Waals surface area contributed by atoms with Crippen LogP contribution in [-0.2, 0) is 10.8 Å². The van der Waals surface area contributed by atoms with Crippen molar-refractivity contribution in [3.05, 3.63) is 223 Å². The molecule has 0 bridgehead atoms. The molecule has 0 amide bonds. The average Bonchev–Trinajstić information content (AvgIpc) is 3.34. The normalized spacial score (nSPS) is 14.2. The van der Waals surface area contributed by atoms with Crippen molar-refractivity contribution >= 4 is 86.0 Å². The van der Waals surface area contributed by atoms with Crippen molar-refractivity contribution in [1.29, 1.82) is 0 Å². The third kappa shape index (κ3) is 6.22. The van der Waals surface area contributed by atoms with Gasteiger partial charge in [-0.3, -0.25) is 0 Å². The van der Waals surface area contributed by atoms with Crippen molar-refractivity contribution in [3.8, 4) is 22.3 Å². The number of anilines is 6. The molecular formula is C63H55BN2Si. The van der Waals surface area contributed by atoms with Gasteiger partial charge in [-0.15, -0.1) is 0 Å². The largest absolute Gasteiger partial charge is 0.311 e. The van der Waals surface area contributed by atoms with Crippen molar-refractivity contribution in [2.24, 2.45) is 0 Å². The van der Waals surface area contributed by atoms with Gasteiger partial charge in [0.05, 0.1) is 11.4 Å². The van der Waals surface area contributed by atoms with Crippen LogP contribution < -0.4 is 46.9 Å². The Balaban J connectivity index is 1.26. The maximum atomic E-state index is 2.66. The van der Waals surface area contributed by atoms with Crippen LogP contribution in [0.25, 0.3) is 22.3 Å². The molecule has 3 heterocycles. The molecule has 9 aromatic carbocycles. The van der Waals surface area contributed by atoms with Gasteiger partial charge in [0, 0.05) is 33.9 Å². The Morgan fingerprint density at radius 2 is 0.746 bits per heavy atom. The molecule has 4 heteroatoms. The first kappa shape index (κ1) is 41.3. The second kappa shape index (κ2) is 15.2. The highest BCUT2D eigenvalue weighted by Gasteiger charge is 2.56. The summed E-state index contributed by atoms with van der Waals surface area (Å²) in [6.45, 7) is 16.3. The van der Waals surface area contributed by atoms with Gasteiger partial charge in [0.25, 0.3) is 6.71 Å². The topological polar surface area (TPSA) is 6.48 Å².